The number of aliphatic hydroxyl groups is 2. The molecule has 1 rings (SSSR count). The number of nitrogens with one attached hydrogen (secondary N) is 1. The maximum atomic E-state index is 12.0. The zero-order valence-electron chi connectivity index (χ0n) is 11.4. The minimum Gasteiger partial charge on any atom is -0.395 e. The largest absolute Gasteiger partial charge is 0.395 e. The molecular formula is C13H21NO4S. The Kier molecular flexibility index (Phi) is 5.09. The van der Waals surface area contributed by atoms with Gasteiger partial charge in [0, 0.05) is 0 Å². The molecule has 0 aliphatic rings. The Hall–Kier alpha value is -0.950. The lowest BCUT2D eigenvalue weighted by Gasteiger charge is -2.19. The molecule has 0 amide bonds. The van der Waals surface area contributed by atoms with Gasteiger partial charge in [-0.3, -0.25) is 0 Å². The van der Waals surface area contributed by atoms with E-state index in [9.17, 15) is 8.42 Å². The van der Waals surface area contributed by atoms with E-state index in [1.165, 1.54) is 12.1 Å². The minimum absolute atomic E-state index is 0.0472. The van der Waals surface area contributed by atoms with E-state index in [0.717, 1.165) is 5.56 Å². The summed E-state index contributed by atoms with van der Waals surface area (Å²) in [6.07, 6.45) is 0. The summed E-state index contributed by atoms with van der Waals surface area (Å²) in [7, 11) is -3.72. The molecule has 0 heterocycles. The highest BCUT2D eigenvalue weighted by Gasteiger charge is 2.20. The van der Waals surface area contributed by atoms with Crippen LogP contribution in [0.2, 0.25) is 0 Å². The van der Waals surface area contributed by atoms with Crippen LogP contribution in [0.3, 0.4) is 0 Å². The van der Waals surface area contributed by atoms with Crippen molar-refractivity contribution in [2.75, 3.05) is 13.2 Å². The van der Waals surface area contributed by atoms with Crippen LogP contribution in [-0.4, -0.2) is 37.9 Å². The van der Waals surface area contributed by atoms with Crippen molar-refractivity contribution in [1.29, 1.82) is 0 Å². The van der Waals surface area contributed by atoms with Gasteiger partial charge in [-0.05, 0) is 23.1 Å². The predicted octanol–water partition coefficient (Wildman–Crippen LogP) is 0.616. The van der Waals surface area contributed by atoms with Crippen LogP contribution in [0.5, 0.6) is 0 Å². The SMILES string of the molecule is CC(C)(C)c1ccc(S(=O)(=O)NC(CO)CO)cc1. The van der Waals surface area contributed by atoms with Crippen molar-refractivity contribution in [1.82, 2.24) is 4.72 Å². The summed E-state index contributed by atoms with van der Waals surface area (Å²) in [5.74, 6) is 0. The van der Waals surface area contributed by atoms with Crippen LogP contribution in [0.25, 0.3) is 0 Å². The van der Waals surface area contributed by atoms with Gasteiger partial charge in [0.2, 0.25) is 10.0 Å². The molecule has 0 unspecified atom stereocenters. The first-order valence-corrected chi connectivity index (χ1v) is 7.53. The average molecular weight is 287 g/mol. The molecule has 0 saturated heterocycles. The number of aliphatic hydroxyl groups excluding tert-OH is 2. The fraction of sp³-hybridized carbons (Fsp3) is 0.538. The van der Waals surface area contributed by atoms with Crippen LogP contribution in [0, 0.1) is 0 Å². The third-order valence-corrected chi connectivity index (χ3v) is 4.33. The number of benzene rings is 1. The van der Waals surface area contributed by atoms with E-state index in [0.29, 0.717) is 0 Å². The Labute approximate surface area is 114 Å². The zero-order chi connectivity index (χ0) is 14.7. The van der Waals surface area contributed by atoms with Crippen molar-refractivity contribution in [2.24, 2.45) is 0 Å². The number of hydrogen-bond acceptors (Lipinski definition) is 4. The lowest BCUT2D eigenvalue weighted by Crippen LogP contribution is -2.40. The molecule has 1 aromatic rings. The first-order chi connectivity index (χ1) is 8.70. The molecule has 0 aliphatic carbocycles. The van der Waals surface area contributed by atoms with E-state index in [-0.39, 0.29) is 10.3 Å². The molecule has 0 aromatic heterocycles. The molecular weight excluding hydrogens is 266 g/mol. The summed E-state index contributed by atoms with van der Waals surface area (Å²) in [4.78, 5) is 0.118. The topological polar surface area (TPSA) is 86.6 Å². The fourth-order valence-electron chi connectivity index (χ4n) is 1.55. The summed E-state index contributed by atoms with van der Waals surface area (Å²) in [5.41, 5.74) is 0.987. The molecule has 3 N–H and O–H groups in total. The molecule has 0 atom stereocenters. The average Bonchev–Trinajstić information content (AvgIpc) is 2.35. The van der Waals surface area contributed by atoms with Gasteiger partial charge in [0.15, 0.2) is 0 Å². The van der Waals surface area contributed by atoms with Crippen molar-refractivity contribution in [3.05, 3.63) is 29.8 Å². The fourth-order valence-corrected chi connectivity index (χ4v) is 2.77. The van der Waals surface area contributed by atoms with Crippen LogP contribution in [-0.2, 0) is 15.4 Å². The molecule has 19 heavy (non-hydrogen) atoms. The second kappa shape index (κ2) is 6.00. The normalized spacial score (nSPS) is 12.9. The van der Waals surface area contributed by atoms with Gasteiger partial charge in [-0.25, -0.2) is 13.1 Å². The second-order valence-corrected chi connectivity index (χ2v) is 7.17. The molecule has 0 bridgehead atoms. The lowest BCUT2D eigenvalue weighted by atomic mass is 9.87. The highest BCUT2D eigenvalue weighted by Crippen LogP contribution is 2.23. The van der Waals surface area contributed by atoms with Crippen molar-refractivity contribution in [2.45, 2.75) is 37.1 Å². The summed E-state index contributed by atoms with van der Waals surface area (Å²) in [6.45, 7) is 5.23. The van der Waals surface area contributed by atoms with Gasteiger partial charge >= 0.3 is 0 Å². The highest BCUT2D eigenvalue weighted by molar-refractivity contribution is 7.89. The summed E-state index contributed by atoms with van der Waals surface area (Å²) < 4.78 is 26.2. The Balaban J connectivity index is 2.97. The molecule has 0 spiro atoms. The summed E-state index contributed by atoms with van der Waals surface area (Å²) >= 11 is 0. The smallest absolute Gasteiger partial charge is 0.240 e. The predicted molar refractivity (Wildman–Crippen MR) is 73.4 cm³/mol. The van der Waals surface area contributed by atoms with E-state index in [4.69, 9.17) is 10.2 Å². The Morgan fingerprint density at radius 2 is 1.58 bits per heavy atom. The first-order valence-electron chi connectivity index (χ1n) is 6.05. The van der Waals surface area contributed by atoms with Gasteiger partial charge < -0.3 is 10.2 Å². The van der Waals surface area contributed by atoms with Crippen molar-refractivity contribution < 1.29 is 18.6 Å². The number of rotatable bonds is 5. The third kappa shape index (κ3) is 4.28. The third-order valence-electron chi connectivity index (χ3n) is 2.79. The monoisotopic (exact) mass is 287 g/mol. The Morgan fingerprint density at radius 3 is 1.95 bits per heavy atom. The Morgan fingerprint density at radius 1 is 1.11 bits per heavy atom. The molecule has 6 heteroatoms. The van der Waals surface area contributed by atoms with E-state index in [1.54, 1.807) is 12.1 Å². The minimum atomic E-state index is -3.72. The first kappa shape index (κ1) is 16.1. The van der Waals surface area contributed by atoms with E-state index in [2.05, 4.69) is 4.72 Å². The van der Waals surface area contributed by atoms with E-state index < -0.39 is 29.3 Å². The number of sulfonamides is 1. The summed E-state index contributed by atoms with van der Waals surface area (Å²) in [5, 5.41) is 17.8. The zero-order valence-corrected chi connectivity index (χ0v) is 12.2. The van der Waals surface area contributed by atoms with Crippen LogP contribution in [0.15, 0.2) is 29.2 Å². The van der Waals surface area contributed by atoms with Crippen LogP contribution >= 0.6 is 0 Å². The van der Waals surface area contributed by atoms with Gasteiger partial charge in [-0.2, -0.15) is 0 Å². The highest BCUT2D eigenvalue weighted by atomic mass is 32.2. The van der Waals surface area contributed by atoms with Gasteiger partial charge in [0.05, 0.1) is 24.2 Å². The second-order valence-electron chi connectivity index (χ2n) is 5.46. The van der Waals surface area contributed by atoms with Crippen molar-refractivity contribution in [3.63, 3.8) is 0 Å². The molecule has 0 saturated carbocycles. The van der Waals surface area contributed by atoms with Gasteiger partial charge in [0.1, 0.15) is 0 Å². The van der Waals surface area contributed by atoms with Gasteiger partial charge in [0.25, 0.3) is 0 Å². The molecule has 0 radical (unpaired) electrons. The molecule has 108 valence electrons. The van der Waals surface area contributed by atoms with E-state index >= 15 is 0 Å². The summed E-state index contributed by atoms with van der Waals surface area (Å²) in [6, 6.07) is 5.69. The molecule has 1 aromatic carbocycles. The lowest BCUT2D eigenvalue weighted by molar-refractivity contribution is 0.185. The van der Waals surface area contributed by atoms with E-state index in [1.807, 2.05) is 20.8 Å². The molecule has 0 fully saturated rings. The number of hydrogen-bond donors (Lipinski definition) is 3. The van der Waals surface area contributed by atoms with Crippen LogP contribution < -0.4 is 4.72 Å². The quantitative estimate of drug-likeness (QED) is 0.741. The molecule has 5 nitrogen and oxygen atoms in total. The van der Waals surface area contributed by atoms with Crippen molar-refractivity contribution in [3.8, 4) is 0 Å². The maximum absolute atomic E-state index is 12.0. The van der Waals surface area contributed by atoms with Gasteiger partial charge in [-0.15, -0.1) is 0 Å². The molecule has 0 aliphatic heterocycles. The van der Waals surface area contributed by atoms with Crippen LogP contribution in [0.1, 0.15) is 26.3 Å². The maximum Gasteiger partial charge on any atom is 0.240 e. The standard InChI is InChI=1S/C13H21NO4S/c1-13(2,3)10-4-6-12(7-5-10)19(17,18)14-11(8-15)9-16/h4-7,11,14-16H,8-9H2,1-3H3. The Bertz CT molecular complexity index is 498. The van der Waals surface area contributed by atoms with Crippen LogP contribution in [0.4, 0.5) is 0 Å². The van der Waals surface area contributed by atoms with Crippen molar-refractivity contribution >= 4 is 10.0 Å². The van der Waals surface area contributed by atoms with Gasteiger partial charge in [-0.1, -0.05) is 32.9 Å².